The number of hydrogen-bond donors (Lipinski definition) is 0. The van der Waals surface area contributed by atoms with Crippen LogP contribution in [0, 0.1) is 35.5 Å². The molecule has 8 bridgehead atoms. The molecule has 0 spiro atoms. The van der Waals surface area contributed by atoms with Crippen molar-refractivity contribution in [1.82, 2.24) is 0 Å². The van der Waals surface area contributed by atoms with E-state index in [1.165, 1.54) is 93.4 Å². The first-order chi connectivity index (χ1) is 19.6. The van der Waals surface area contributed by atoms with Crippen molar-refractivity contribution >= 4 is 10.8 Å². The van der Waals surface area contributed by atoms with Crippen LogP contribution in [0.15, 0.2) is 24.3 Å². The lowest BCUT2D eigenvalue weighted by Crippen LogP contribution is -2.48. The molecule has 0 amide bonds. The van der Waals surface area contributed by atoms with Gasteiger partial charge < -0.3 is 18.9 Å². The number of epoxide rings is 2. The lowest BCUT2D eigenvalue weighted by molar-refractivity contribution is -0.00650. The maximum absolute atomic E-state index is 6.84. The quantitative estimate of drug-likeness (QED) is 0.329. The van der Waals surface area contributed by atoms with E-state index in [0.29, 0.717) is 18.6 Å². The summed E-state index contributed by atoms with van der Waals surface area (Å²) in [4.78, 5) is 0. The van der Waals surface area contributed by atoms with Crippen LogP contribution in [-0.4, -0.2) is 38.6 Å². The second kappa shape index (κ2) is 8.40. The number of hydrogen-bond acceptors (Lipinski definition) is 4. The standard InChI is InChI=1S/C36H44O4/c1-2-30-31(9-27(1)35-11-21-3-22(12-35)5-23(4-21)13-35)33(39-19-28-17-37-28)10-32(34(30)40-20-29-18-38-29)36-14-24-6-25(15-36)8-26(7-24)16-36/h1-2,9-10,21-26,28-29H,3-8,11-20H2. The van der Waals surface area contributed by atoms with Crippen molar-refractivity contribution < 1.29 is 18.9 Å². The highest BCUT2D eigenvalue weighted by Gasteiger charge is 2.54. The van der Waals surface area contributed by atoms with Crippen molar-refractivity contribution in [2.45, 2.75) is 100 Å². The predicted molar refractivity (Wildman–Crippen MR) is 154 cm³/mol. The average Bonchev–Trinajstić information content (AvgIpc) is 3.85. The van der Waals surface area contributed by atoms with Gasteiger partial charge in [0.25, 0.3) is 0 Å². The molecule has 2 atom stereocenters. The lowest BCUT2D eigenvalue weighted by atomic mass is 9.47. The summed E-state index contributed by atoms with van der Waals surface area (Å²) in [5, 5.41) is 2.54. The van der Waals surface area contributed by atoms with E-state index in [2.05, 4.69) is 24.3 Å². The highest BCUT2D eigenvalue weighted by atomic mass is 16.6. The van der Waals surface area contributed by atoms with E-state index in [9.17, 15) is 0 Å². The summed E-state index contributed by atoms with van der Waals surface area (Å²) >= 11 is 0. The maximum atomic E-state index is 6.84. The molecule has 4 heteroatoms. The zero-order valence-corrected chi connectivity index (χ0v) is 23.9. The molecule has 0 aromatic heterocycles. The van der Waals surface area contributed by atoms with Crippen LogP contribution in [0.3, 0.4) is 0 Å². The molecular weight excluding hydrogens is 496 g/mol. The molecule has 0 radical (unpaired) electrons. The van der Waals surface area contributed by atoms with Gasteiger partial charge in [0.05, 0.1) is 13.2 Å². The fraction of sp³-hybridized carbons (Fsp3) is 0.722. The summed E-state index contributed by atoms with van der Waals surface area (Å²) in [6.07, 6.45) is 17.5. The van der Waals surface area contributed by atoms with E-state index in [4.69, 9.17) is 18.9 Å². The molecule has 2 aliphatic heterocycles. The van der Waals surface area contributed by atoms with Crippen LogP contribution in [0.25, 0.3) is 10.8 Å². The molecule has 40 heavy (non-hydrogen) atoms. The number of ether oxygens (including phenoxy) is 4. The van der Waals surface area contributed by atoms with E-state index >= 15 is 0 Å². The zero-order valence-electron chi connectivity index (χ0n) is 23.9. The van der Waals surface area contributed by atoms with Crippen LogP contribution >= 0.6 is 0 Å². The lowest BCUT2D eigenvalue weighted by Gasteiger charge is -2.57. The smallest absolute Gasteiger partial charge is 0.131 e. The summed E-state index contributed by atoms with van der Waals surface area (Å²) in [5.74, 6) is 7.75. The number of rotatable bonds is 8. The fourth-order valence-corrected chi connectivity index (χ4v) is 12.0. The first-order valence-corrected chi connectivity index (χ1v) is 16.7. The van der Waals surface area contributed by atoms with Gasteiger partial charge in [0, 0.05) is 16.3 Å². The molecule has 2 saturated heterocycles. The molecular formula is C36H44O4. The average molecular weight is 541 g/mol. The maximum Gasteiger partial charge on any atom is 0.131 e. The highest BCUT2D eigenvalue weighted by molar-refractivity contribution is 5.95. The van der Waals surface area contributed by atoms with Crippen molar-refractivity contribution in [2.75, 3.05) is 26.4 Å². The molecule has 2 unspecified atom stereocenters. The Bertz CT molecular complexity index is 1280. The molecule has 8 saturated carbocycles. The molecule has 2 aromatic carbocycles. The molecule has 8 aliphatic carbocycles. The van der Waals surface area contributed by atoms with Gasteiger partial charge >= 0.3 is 0 Å². The molecule has 212 valence electrons. The molecule has 2 heterocycles. The van der Waals surface area contributed by atoms with E-state index in [-0.39, 0.29) is 17.6 Å². The third-order valence-corrected chi connectivity index (χ3v) is 13.0. The van der Waals surface area contributed by atoms with Crippen LogP contribution in [0.1, 0.15) is 88.2 Å². The Morgan fingerprint density at radius 1 is 0.600 bits per heavy atom. The Hall–Kier alpha value is -1.78. The van der Waals surface area contributed by atoms with E-state index in [1.54, 1.807) is 5.56 Å². The fourth-order valence-electron chi connectivity index (χ4n) is 12.0. The Morgan fingerprint density at radius 2 is 1.10 bits per heavy atom. The van der Waals surface area contributed by atoms with Gasteiger partial charge in [0.1, 0.15) is 36.9 Å². The normalized spacial score (nSPS) is 45.3. The Morgan fingerprint density at radius 3 is 1.62 bits per heavy atom. The summed E-state index contributed by atoms with van der Waals surface area (Å²) in [7, 11) is 0. The molecule has 0 N–H and O–H groups in total. The van der Waals surface area contributed by atoms with Crippen molar-refractivity contribution in [1.29, 1.82) is 0 Å². The third kappa shape index (κ3) is 3.77. The largest absolute Gasteiger partial charge is 0.490 e. The van der Waals surface area contributed by atoms with Gasteiger partial charge in [-0.1, -0.05) is 12.1 Å². The first kappa shape index (κ1) is 23.7. The van der Waals surface area contributed by atoms with Crippen molar-refractivity contribution in [3.05, 3.63) is 35.4 Å². The first-order valence-electron chi connectivity index (χ1n) is 16.7. The minimum Gasteiger partial charge on any atom is -0.490 e. The third-order valence-electron chi connectivity index (χ3n) is 13.0. The Kier molecular flexibility index (Phi) is 4.99. The van der Waals surface area contributed by atoms with Crippen molar-refractivity contribution in [3.8, 4) is 11.5 Å². The van der Waals surface area contributed by atoms with Crippen molar-refractivity contribution in [2.24, 2.45) is 35.5 Å². The van der Waals surface area contributed by atoms with Gasteiger partial charge in [-0.15, -0.1) is 0 Å². The van der Waals surface area contributed by atoms with Gasteiger partial charge in [0.15, 0.2) is 0 Å². The van der Waals surface area contributed by atoms with E-state index in [0.717, 1.165) is 60.2 Å². The minimum atomic E-state index is 0.246. The monoisotopic (exact) mass is 540 g/mol. The summed E-state index contributed by atoms with van der Waals surface area (Å²) in [6.45, 7) is 3.00. The van der Waals surface area contributed by atoms with Gasteiger partial charge in [-0.2, -0.15) is 0 Å². The van der Waals surface area contributed by atoms with Crippen LogP contribution in [0.4, 0.5) is 0 Å². The van der Waals surface area contributed by atoms with Gasteiger partial charge in [0.2, 0.25) is 0 Å². The Balaban J connectivity index is 1.13. The number of benzene rings is 2. The van der Waals surface area contributed by atoms with Gasteiger partial charge in [-0.05, 0) is 141 Å². The van der Waals surface area contributed by atoms with Gasteiger partial charge in [-0.3, -0.25) is 0 Å². The summed E-state index contributed by atoms with van der Waals surface area (Å²) in [5.41, 5.74) is 3.65. The molecule has 2 aromatic rings. The predicted octanol–water partition coefficient (Wildman–Crippen LogP) is 7.33. The highest BCUT2D eigenvalue weighted by Crippen LogP contribution is 2.64. The number of fused-ring (bicyclic) bond motifs is 1. The zero-order chi connectivity index (χ0) is 26.1. The minimum absolute atomic E-state index is 0.246. The van der Waals surface area contributed by atoms with Gasteiger partial charge in [-0.25, -0.2) is 0 Å². The molecule has 4 nitrogen and oxygen atoms in total. The second-order valence-corrected chi connectivity index (χ2v) is 15.9. The van der Waals surface area contributed by atoms with Crippen LogP contribution < -0.4 is 9.47 Å². The van der Waals surface area contributed by atoms with Crippen LogP contribution in [-0.2, 0) is 20.3 Å². The SMILES string of the molecule is c1cc2c(OCC3CO3)c(C34CC5CC(CC(C5)C3)C4)cc(OCC3CO3)c2cc1C12CC3CC(CC(C3)C1)C2. The summed E-state index contributed by atoms with van der Waals surface area (Å²) in [6, 6.07) is 9.96. The van der Waals surface area contributed by atoms with Crippen molar-refractivity contribution in [3.63, 3.8) is 0 Å². The molecule has 12 rings (SSSR count). The Labute approximate surface area is 238 Å². The van der Waals surface area contributed by atoms with E-state index in [1.807, 2.05) is 0 Å². The van der Waals surface area contributed by atoms with E-state index < -0.39 is 0 Å². The summed E-state index contributed by atoms with van der Waals surface area (Å²) < 4.78 is 24.8. The molecule has 10 fully saturated rings. The topological polar surface area (TPSA) is 43.5 Å². The van der Waals surface area contributed by atoms with Crippen LogP contribution in [0.2, 0.25) is 0 Å². The van der Waals surface area contributed by atoms with Crippen LogP contribution in [0.5, 0.6) is 11.5 Å². The molecule has 10 aliphatic rings. The second-order valence-electron chi connectivity index (χ2n) is 15.9.